The van der Waals surface area contributed by atoms with Gasteiger partial charge in [0, 0.05) is 24.6 Å². The predicted octanol–water partition coefficient (Wildman–Crippen LogP) is 1.64. The lowest BCUT2D eigenvalue weighted by molar-refractivity contribution is -0.274. The molecule has 0 heterocycles. The van der Waals surface area contributed by atoms with Crippen LogP contribution in [0.25, 0.3) is 0 Å². The number of rotatable bonds is 6. The van der Waals surface area contributed by atoms with Crippen molar-refractivity contribution in [1.82, 2.24) is 4.72 Å². The van der Waals surface area contributed by atoms with Crippen molar-refractivity contribution in [2.75, 3.05) is 13.2 Å². The number of halogens is 3. The minimum Gasteiger partial charge on any atom is -0.406 e. The normalized spacial score (nSPS) is 17.5. The third-order valence-electron chi connectivity index (χ3n) is 3.28. The van der Waals surface area contributed by atoms with Gasteiger partial charge in [-0.25, -0.2) is 13.1 Å². The van der Waals surface area contributed by atoms with Crippen molar-refractivity contribution in [3.63, 3.8) is 0 Å². The van der Waals surface area contributed by atoms with Crippen molar-refractivity contribution in [3.05, 3.63) is 24.3 Å². The molecule has 2 rings (SSSR count). The molecule has 0 atom stereocenters. The predicted molar refractivity (Wildman–Crippen MR) is 67.1 cm³/mol. The van der Waals surface area contributed by atoms with E-state index in [4.69, 9.17) is 5.11 Å². The number of benzene rings is 1. The molecule has 0 bridgehead atoms. The highest BCUT2D eigenvalue weighted by Crippen LogP contribution is 2.44. The lowest BCUT2D eigenvalue weighted by atomic mass is 10.1. The van der Waals surface area contributed by atoms with Gasteiger partial charge in [0.1, 0.15) is 5.75 Å². The zero-order chi connectivity index (χ0) is 15.7. The van der Waals surface area contributed by atoms with E-state index in [1.807, 2.05) is 0 Å². The van der Waals surface area contributed by atoms with Gasteiger partial charge in [-0.2, -0.15) is 0 Å². The number of hydrogen-bond donors (Lipinski definition) is 2. The molecular formula is C12H14F3NO4S. The molecule has 1 aliphatic carbocycles. The van der Waals surface area contributed by atoms with Crippen LogP contribution in [0.2, 0.25) is 0 Å². The molecule has 9 heteroatoms. The third kappa shape index (κ3) is 4.32. The first-order chi connectivity index (χ1) is 9.66. The van der Waals surface area contributed by atoms with Crippen molar-refractivity contribution in [3.8, 4) is 5.75 Å². The van der Waals surface area contributed by atoms with Crippen molar-refractivity contribution in [1.29, 1.82) is 0 Å². The van der Waals surface area contributed by atoms with E-state index < -0.39 is 27.6 Å². The van der Waals surface area contributed by atoms with Gasteiger partial charge < -0.3 is 9.84 Å². The maximum absolute atomic E-state index is 12.1. The Morgan fingerprint density at radius 1 is 1.33 bits per heavy atom. The molecular weight excluding hydrogens is 311 g/mol. The number of aliphatic hydroxyl groups is 1. The second-order valence-electron chi connectivity index (χ2n) is 5.01. The minimum atomic E-state index is -4.88. The van der Waals surface area contributed by atoms with Crippen molar-refractivity contribution in [2.24, 2.45) is 5.41 Å². The van der Waals surface area contributed by atoms with Gasteiger partial charge in [-0.05, 0) is 25.0 Å². The first-order valence-corrected chi connectivity index (χ1v) is 7.61. The zero-order valence-corrected chi connectivity index (χ0v) is 11.7. The Morgan fingerprint density at radius 3 is 2.52 bits per heavy atom. The van der Waals surface area contributed by atoms with Crippen LogP contribution in [0, 0.1) is 5.41 Å². The fourth-order valence-electron chi connectivity index (χ4n) is 1.74. The number of alkyl halides is 3. The Kier molecular flexibility index (Phi) is 4.18. The van der Waals surface area contributed by atoms with E-state index >= 15 is 0 Å². The van der Waals surface area contributed by atoms with E-state index in [-0.39, 0.29) is 18.0 Å². The summed E-state index contributed by atoms with van der Waals surface area (Å²) < 4.78 is 66.3. The molecule has 118 valence electrons. The van der Waals surface area contributed by atoms with Crippen LogP contribution in [0.3, 0.4) is 0 Å². The number of sulfonamides is 1. The lowest BCUT2D eigenvalue weighted by Gasteiger charge is -2.14. The topological polar surface area (TPSA) is 75.6 Å². The van der Waals surface area contributed by atoms with Crippen LogP contribution in [-0.2, 0) is 10.0 Å². The average molecular weight is 325 g/mol. The quantitative estimate of drug-likeness (QED) is 0.834. The SMILES string of the molecule is O=S(=O)(NCC1(CO)CC1)c1cccc(OC(F)(F)F)c1. The molecule has 1 aliphatic rings. The fourth-order valence-corrected chi connectivity index (χ4v) is 2.93. The summed E-state index contributed by atoms with van der Waals surface area (Å²) in [4.78, 5) is -0.321. The van der Waals surface area contributed by atoms with E-state index in [0.717, 1.165) is 18.2 Å². The molecule has 0 spiro atoms. The molecule has 1 fully saturated rings. The highest BCUT2D eigenvalue weighted by atomic mass is 32.2. The molecule has 21 heavy (non-hydrogen) atoms. The fraction of sp³-hybridized carbons (Fsp3) is 0.500. The number of ether oxygens (including phenoxy) is 1. The minimum absolute atomic E-state index is 0.0518. The highest BCUT2D eigenvalue weighted by Gasteiger charge is 2.42. The molecule has 0 amide bonds. The summed E-state index contributed by atoms with van der Waals surface area (Å²) in [7, 11) is -3.95. The highest BCUT2D eigenvalue weighted by molar-refractivity contribution is 7.89. The van der Waals surface area contributed by atoms with Crippen LogP contribution in [-0.4, -0.2) is 33.0 Å². The molecule has 0 radical (unpaired) electrons. The molecule has 1 aromatic carbocycles. The van der Waals surface area contributed by atoms with E-state index in [2.05, 4.69) is 9.46 Å². The van der Waals surface area contributed by atoms with E-state index in [9.17, 15) is 21.6 Å². The summed E-state index contributed by atoms with van der Waals surface area (Å²) in [5, 5.41) is 9.12. The molecule has 1 aromatic rings. The first kappa shape index (κ1) is 16.1. The van der Waals surface area contributed by atoms with Crippen LogP contribution >= 0.6 is 0 Å². The summed E-state index contributed by atoms with van der Waals surface area (Å²) in [6.07, 6.45) is -3.46. The van der Waals surface area contributed by atoms with Crippen LogP contribution < -0.4 is 9.46 Å². The Hall–Kier alpha value is -1.32. The summed E-state index contributed by atoms with van der Waals surface area (Å²) in [5.41, 5.74) is -0.437. The molecule has 0 saturated heterocycles. The maximum Gasteiger partial charge on any atom is 0.573 e. The van der Waals surface area contributed by atoms with Gasteiger partial charge in [-0.15, -0.1) is 13.2 Å². The van der Waals surface area contributed by atoms with Crippen LogP contribution in [0.4, 0.5) is 13.2 Å². The monoisotopic (exact) mass is 325 g/mol. The summed E-state index contributed by atoms with van der Waals surface area (Å²) in [5.74, 6) is -0.603. The average Bonchev–Trinajstić information content (AvgIpc) is 3.16. The van der Waals surface area contributed by atoms with Gasteiger partial charge in [0.2, 0.25) is 10.0 Å². The van der Waals surface area contributed by atoms with Crippen LogP contribution in [0.15, 0.2) is 29.2 Å². The van der Waals surface area contributed by atoms with Crippen LogP contribution in [0.5, 0.6) is 5.75 Å². The van der Waals surface area contributed by atoms with Gasteiger partial charge >= 0.3 is 6.36 Å². The number of nitrogens with one attached hydrogen (secondary N) is 1. The summed E-state index contributed by atoms with van der Waals surface area (Å²) in [6.45, 7) is -0.0804. The zero-order valence-electron chi connectivity index (χ0n) is 10.9. The second-order valence-corrected chi connectivity index (χ2v) is 6.77. The van der Waals surface area contributed by atoms with Gasteiger partial charge in [-0.1, -0.05) is 6.07 Å². The molecule has 2 N–H and O–H groups in total. The van der Waals surface area contributed by atoms with Crippen molar-refractivity contribution in [2.45, 2.75) is 24.1 Å². The Balaban J connectivity index is 2.11. The van der Waals surface area contributed by atoms with E-state index in [0.29, 0.717) is 12.8 Å². The Morgan fingerprint density at radius 2 is 2.00 bits per heavy atom. The largest absolute Gasteiger partial charge is 0.573 e. The molecule has 5 nitrogen and oxygen atoms in total. The number of hydrogen-bond acceptors (Lipinski definition) is 4. The molecule has 1 saturated carbocycles. The van der Waals surface area contributed by atoms with Crippen LogP contribution in [0.1, 0.15) is 12.8 Å². The van der Waals surface area contributed by atoms with Crippen molar-refractivity contribution < 1.29 is 31.4 Å². The Bertz CT molecular complexity index is 611. The summed E-state index contributed by atoms with van der Waals surface area (Å²) in [6, 6.07) is 4.15. The van der Waals surface area contributed by atoms with E-state index in [1.165, 1.54) is 6.07 Å². The smallest absolute Gasteiger partial charge is 0.406 e. The standard InChI is InChI=1S/C12H14F3NO4S/c13-12(14,15)20-9-2-1-3-10(6-9)21(18,19)16-7-11(8-17)4-5-11/h1-3,6,16-17H,4-5,7-8H2. The maximum atomic E-state index is 12.1. The van der Waals surface area contributed by atoms with Crippen molar-refractivity contribution >= 4 is 10.0 Å². The van der Waals surface area contributed by atoms with Gasteiger partial charge in [-0.3, -0.25) is 0 Å². The number of aliphatic hydroxyl groups excluding tert-OH is 1. The van der Waals surface area contributed by atoms with Gasteiger partial charge in [0.05, 0.1) is 4.90 Å². The molecule has 0 unspecified atom stereocenters. The lowest BCUT2D eigenvalue weighted by Crippen LogP contribution is -2.32. The van der Waals surface area contributed by atoms with Gasteiger partial charge in [0.25, 0.3) is 0 Å². The van der Waals surface area contributed by atoms with Gasteiger partial charge in [0.15, 0.2) is 0 Å². The third-order valence-corrected chi connectivity index (χ3v) is 4.68. The van der Waals surface area contributed by atoms with E-state index in [1.54, 1.807) is 0 Å². The molecule has 0 aliphatic heterocycles. The Labute approximate surface area is 119 Å². The summed E-state index contributed by atoms with van der Waals surface area (Å²) >= 11 is 0. The first-order valence-electron chi connectivity index (χ1n) is 6.12. The second kappa shape index (κ2) is 5.47. The molecule has 0 aromatic heterocycles.